The van der Waals surface area contributed by atoms with Crippen molar-refractivity contribution in [2.75, 3.05) is 19.6 Å². The molecule has 32 heavy (non-hydrogen) atoms. The van der Waals surface area contributed by atoms with E-state index in [-0.39, 0.29) is 23.6 Å². The second-order valence-corrected chi connectivity index (χ2v) is 7.99. The molecule has 1 aliphatic rings. The molecule has 2 aromatic rings. The van der Waals surface area contributed by atoms with Crippen LogP contribution in [0.5, 0.6) is 0 Å². The van der Waals surface area contributed by atoms with Gasteiger partial charge in [0, 0.05) is 30.8 Å². The summed E-state index contributed by atoms with van der Waals surface area (Å²) in [5.74, 6) is -1.42. The molecule has 0 aromatic heterocycles. The Hall–Kier alpha value is -3.48. The first-order chi connectivity index (χ1) is 15.4. The van der Waals surface area contributed by atoms with Gasteiger partial charge in [0.2, 0.25) is 5.91 Å². The summed E-state index contributed by atoms with van der Waals surface area (Å²) in [4.78, 5) is 40.0. The van der Waals surface area contributed by atoms with Gasteiger partial charge in [-0.05, 0) is 56.0 Å². The van der Waals surface area contributed by atoms with Crippen molar-refractivity contribution in [3.05, 3.63) is 83.7 Å². The molecule has 0 aliphatic carbocycles. The molecule has 1 fully saturated rings. The average Bonchev–Trinajstić information content (AvgIpc) is 2.80. The maximum absolute atomic E-state index is 13.5. The highest BCUT2D eigenvalue weighted by atomic mass is 19.1. The van der Waals surface area contributed by atoms with Crippen molar-refractivity contribution >= 4 is 17.7 Å². The maximum atomic E-state index is 13.5. The number of hydrogen-bond acceptors (Lipinski definition) is 3. The number of nitrogens with zero attached hydrogens (tertiary/aromatic N) is 1. The van der Waals surface area contributed by atoms with Gasteiger partial charge in [0.25, 0.3) is 11.8 Å². The number of hydrogen-bond donors (Lipinski definition) is 2. The zero-order valence-corrected chi connectivity index (χ0v) is 18.1. The predicted octanol–water partition coefficient (Wildman–Crippen LogP) is 3.09. The summed E-state index contributed by atoms with van der Waals surface area (Å²) in [6, 6.07) is 12.1. The van der Waals surface area contributed by atoms with Crippen LogP contribution in [0.25, 0.3) is 0 Å². The lowest BCUT2D eigenvalue weighted by Crippen LogP contribution is -2.53. The Balaban J connectivity index is 1.69. The zero-order chi connectivity index (χ0) is 23.1. The Morgan fingerprint density at radius 2 is 1.81 bits per heavy atom. The summed E-state index contributed by atoms with van der Waals surface area (Å²) in [7, 11) is 0. The Kier molecular flexibility index (Phi) is 7.76. The van der Waals surface area contributed by atoms with Gasteiger partial charge in [0.15, 0.2) is 0 Å². The lowest BCUT2D eigenvalue weighted by molar-refractivity contribution is -0.124. The molecule has 0 bridgehead atoms. The van der Waals surface area contributed by atoms with Crippen molar-refractivity contribution in [3.8, 4) is 0 Å². The maximum Gasteiger partial charge on any atom is 0.253 e. The third-order valence-electron chi connectivity index (χ3n) is 5.64. The molecule has 7 heteroatoms. The fourth-order valence-electron chi connectivity index (χ4n) is 3.93. The Bertz CT molecular complexity index is 999. The van der Waals surface area contributed by atoms with Crippen LogP contribution in [0.3, 0.4) is 0 Å². The number of piperidine rings is 1. The number of amides is 3. The monoisotopic (exact) mass is 437 g/mol. The van der Waals surface area contributed by atoms with Gasteiger partial charge in [-0.15, -0.1) is 6.58 Å². The number of halogens is 1. The number of benzene rings is 2. The van der Waals surface area contributed by atoms with E-state index in [4.69, 9.17) is 0 Å². The topological polar surface area (TPSA) is 78.5 Å². The van der Waals surface area contributed by atoms with Gasteiger partial charge in [0.05, 0.1) is 0 Å². The van der Waals surface area contributed by atoms with Crippen molar-refractivity contribution in [1.29, 1.82) is 0 Å². The highest BCUT2D eigenvalue weighted by Crippen LogP contribution is 2.23. The molecule has 1 aliphatic heterocycles. The number of rotatable bonds is 7. The van der Waals surface area contributed by atoms with Gasteiger partial charge in [-0.3, -0.25) is 14.4 Å². The molecule has 0 radical (unpaired) electrons. The van der Waals surface area contributed by atoms with E-state index in [1.807, 2.05) is 13.0 Å². The number of carbonyl (C=O) groups excluding carboxylic acids is 3. The van der Waals surface area contributed by atoms with E-state index in [1.165, 1.54) is 18.2 Å². The second-order valence-electron chi connectivity index (χ2n) is 7.99. The summed E-state index contributed by atoms with van der Waals surface area (Å²) in [5.41, 5.74) is 1.75. The molecule has 0 unspecified atom stereocenters. The number of aryl methyl sites for hydroxylation is 1. The third-order valence-corrected chi connectivity index (χ3v) is 5.64. The van der Waals surface area contributed by atoms with E-state index in [1.54, 1.807) is 35.2 Å². The Morgan fingerprint density at radius 1 is 1.12 bits per heavy atom. The van der Waals surface area contributed by atoms with Crippen LogP contribution in [0, 0.1) is 18.7 Å². The minimum Gasteiger partial charge on any atom is -0.351 e. The van der Waals surface area contributed by atoms with Gasteiger partial charge >= 0.3 is 0 Å². The smallest absolute Gasteiger partial charge is 0.253 e. The van der Waals surface area contributed by atoms with Crippen LogP contribution in [0.4, 0.5) is 4.39 Å². The quantitative estimate of drug-likeness (QED) is 0.654. The van der Waals surface area contributed by atoms with Crippen LogP contribution in [0.15, 0.2) is 61.2 Å². The number of carbonyl (C=O) groups is 3. The molecule has 1 atom stereocenters. The molecule has 1 saturated heterocycles. The van der Waals surface area contributed by atoms with Gasteiger partial charge in [-0.1, -0.05) is 29.8 Å². The summed E-state index contributed by atoms with van der Waals surface area (Å²) in [6.07, 6.45) is 2.67. The standard InChI is InChI=1S/C25H28FN3O3/c1-3-12-27-24(31)22(28-23(30)19-7-4-6-17(2)15-19)18-10-13-29(14-11-18)25(32)20-8-5-9-21(26)16-20/h3-9,15-16,18,22H,1,10-14H2,2H3,(H,27,31)(H,28,30)/t22-/m1/s1. The van der Waals surface area contributed by atoms with Gasteiger partial charge in [-0.2, -0.15) is 0 Å². The van der Waals surface area contributed by atoms with Crippen LogP contribution < -0.4 is 10.6 Å². The van der Waals surface area contributed by atoms with Crippen LogP contribution in [0.1, 0.15) is 39.1 Å². The van der Waals surface area contributed by atoms with E-state index in [0.717, 1.165) is 5.56 Å². The summed E-state index contributed by atoms with van der Waals surface area (Å²) < 4.78 is 13.5. The van der Waals surface area contributed by atoms with Crippen molar-refractivity contribution in [1.82, 2.24) is 15.5 Å². The molecular weight excluding hydrogens is 409 g/mol. The van der Waals surface area contributed by atoms with Crippen molar-refractivity contribution in [3.63, 3.8) is 0 Å². The highest BCUT2D eigenvalue weighted by Gasteiger charge is 2.34. The van der Waals surface area contributed by atoms with Gasteiger partial charge in [0.1, 0.15) is 11.9 Å². The molecule has 168 valence electrons. The molecule has 0 saturated carbocycles. The minimum atomic E-state index is -0.727. The Labute approximate surface area is 187 Å². The van der Waals surface area contributed by atoms with Gasteiger partial charge in [-0.25, -0.2) is 4.39 Å². The summed E-state index contributed by atoms with van der Waals surface area (Å²) in [5, 5.41) is 5.65. The van der Waals surface area contributed by atoms with E-state index in [2.05, 4.69) is 17.2 Å². The summed E-state index contributed by atoms with van der Waals surface area (Å²) in [6.45, 7) is 6.66. The summed E-state index contributed by atoms with van der Waals surface area (Å²) >= 11 is 0. The first-order valence-electron chi connectivity index (χ1n) is 10.7. The normalized spacial score (nSPS) is 15.0. The fraction of sp³-hybridized carbons (Fsp3) is 0.320. The van der Waals surface area contributed by atoms with Crippen molar-refractivity contribution in [2.45, 2.75) is 25.8 Å². The van der Waals surface area contributed by atoms with E-state index >= 15 is 0 Å². The fourth-order valence-corrected chi connectivity index (χ4v) is 3.93. The first kappa shape index (κ1) is 23.2. The lowest BCUT2D eigenvalue weighted by atomic mass is 9.88. The lowest BCUT2D eigenvalue weighted by Gasteiger charge is -2.35. The van der Waals surface area contributed by atoms with Crippen molar-refractivity contribution in [2.24, 2.45) is 5.92 Å². The second kappa shape index (κ2) is 10.7. The largest absolute Gasteiger partial charge is 0.351 e. The third kappa shape index (κ3) is 5.81. The van der Waals surface area contributed by atoms with Crippen molar-refractivity contribution < 1.29 is 18.8 Å². The van der Waals surface area contributed by atoms with Crippen LogP contribution >= 0.6 is 0 Å². The predicted molar refractivity (Wildman–Crippen MR) is 121 cm³/mol. The number of nitrogens with one attached hydrogen (secondary N) is 2. The molecule has 6 nitrogen and oxygen atoms in total. The molecule has 0 spiro atoms. The van der Waals surface area contributed by atoms with Crippen LogP contribution in [-0.4, -0.2) is 48.3 Å². The molecule has 2 aromatic carbocycles. The van der Waals surface area contributed by atoms with Crippen LogP contribution in [0.2, 0.25) is 0 Å². The van der Waals surface area contributed by atoms with E-state index in [9.17, 15) is 18.8 Å². The molecular formula is C25H28FN3O3. The van der Waals surface area contributed by atoms with Gasteiger partial charge < -0.3 is 15.5 Å². The number of likely N-dealkylation sites (tertiary alicyclic amines) is 1. The highest BCUT2D eigenvalue weighted by molar-refractivity contribution is 5.98. The Morgan fingerprint density at radius 3 is 2.47 bits per heavy atom. The molecule has 3 amide bonds. The molecule has 2 N–H and O–H groups in total. The first-order valence-corrected chi connectivity index (χ1v) is 10.7. The van der Waals surface area contributed by atoms with E-state index < -0.39 is 11.9 Å². The average molecular weight is 438 g/mol. The SMILES string of the molecule is C=CCNC(=O)[C@H](NC(=O)c1cccc(C)c1)C1CCN(C(=O)c2cccc(F)c2)CC1. The molecule has 3 rings (SSSR count). The zero-order valence-electron chi connectivity index (χ0n) is 18.1. The van der Waals surface area contributed by atoms with Crippen LogP contribution in [-0.2, 0) is 4.79 Å². The molecule has 1 heterocycles. The van der Waals surface area contributed by atoms with E-state index in [0.29, 0.717) is 43.6 Å². The minimum absolute atomic E-state index is 0.134.